The van der Waals surface area contributed by atoms with Crippen LogP contribution in [-0.2, 0) is 16.7 Å². The lowest BCUT2D eigenvalue weighted by atomic mass is 9.76. The van der Waals surface area contributed by atoms with Crippen LogP contribution in [0.5, 0.6) is 0 Å². The molecular formula is C25H36FN3O2S. The third kappa shape index (κ3) is 5.67. The van der Waals surface area contributed by atoms with Crippen LogP contribution in [0.1, 0.15) is 63.6 Å². The van der Waals surface area contributed by atoms with Crippen molar-refractivity contribution < 1.29 is 13.9 Å². The van der Waals surface area contributed by atoms with Gasteiger partial charge in [-0.2, -0.15) is 4.39 Å². The predicted molar refractivity (Wildman–Crippen MR) is 127 cm³/mol. The molecule has 2 aromatic rings. The Morgan fingerprint density at radius 1 is 1.31 bits per heavy atom. The average molecular weight is 462 g/mol. The Morgan fingerprint density at radius 3 is 2.66 bits per heavy atom. The minimum atomic E-state index is -0.380. The normalized spacial score (nSPS) is 20.5. The van der Waals surface area contributed by atoms with Crippen LogP contribution in [-0.4, -0.2) is 41.2 Å². The number of nitrogens with one attached hydrogen (secondary N) is 1. The molecule has 0 aliphatic carbocycles. The Balaban J connectivity index is 1.80. The minimum Gasteiger partial charge on any atom is -0.447 e. The average Bonchev–Trinajstić information content (AvgIpc) is 3.33. The first kappa shape index (κ1) is 24.6. The van der Waals surface area contributed by atoms with Gasteiger partial charge in [-0.15, -0.1) is 11.3 Å². The second-order valence-electron chi connectivity index (χ2n) is 9.81. The zero-order chi connectivity index (χ0) is 23.5. The van der Waals surface area contributed by atoms with Gasteiger partial charge in [-0.1, -0.05) is 6.07 Å². The first-order valence-electron chi connectivity index (χ1n) is 11.4. The van der Waals surface area contributed by atoms with Gasteiger partial charge in [0.1, 0.15) is 0 Å². The fraction of sp³-hybridized carbons (Fsp3) is 0.600. The van der Waals surface area contributed by atoms with E-state index in [1.807, 2.05) is 33.0 Å². The van der Waals surface area contributed by atoms with Crippen molar-refractivity contribution in [1.82, 2.24) is 15.2 Å². The summed E-state index contributed by atoms with van der Waals surface area (Å²) in [5.74, 6) is 0. The van der Waals surface area contributed by atoms with Gasteiger partial charge in [-0.3, -0.25) is 9.88 Å². The number of alkyl carbamates (subject to hydrolysis) is 1. The van der Waals surface area contributed by atoms with Crippen molar-refractivity contribution in [3.05, 3.63) is 51.7 Å². The third-order valence-electron chi connectivity index (χ3n) is 6.89. The Kier molecular flexibility index (Phi) is 7.61. The van der Waals surface area contributed by atoms with E-state index >= 15 is 0 Å². The summed E-state index contributed by atoms with van der Waals surface area (Å²) in [6, 6.07) is 7.53. The van der Waals surface area contributed by atoms with Gasteiger partial charge < -0.3 is 10.1 Å². The molecule has 1 N–H and O–H groups in total. The van der Waals surface area contributed by atoms with E-state index in [0.717, 1.165) is 42.9 Å². The lowest BCUT2D eigenvalue weighted by Gasteiger charge is -2.40. The zero-order valence-corrected chi connectivity index (χ0v) is 20.9. The number of aryl methyl sites for hydroxylation is 2. The van der Waals surface area contributed by atoms with E-state index in [9.17, 15) is 9.18 Å². The number of rotatable bonds is 8. The van der Waals surface area contributed by atoms with Crippen LogP contribution in [0.3, 0.4) is 0 Å². The molecule has 1 amide bonds. The molecule has 1 saturated heterocycles. The number of amides is 1. The predicted octanol–water partition coefficient (Wildman–Crippen LogP) is 5.67. The molecule has 3 rings (SSSR count). The van der Waals surface area contributed by atoms with Crippen LogP contribution in [0, 0.1) is 17.5 Å². The smallest absolute Gasteiger partial charge is 0.407 e. The maximum atomic E-state index is 13.5. The molecule has 0 bridgehead atoms. The maximum Gasteiger partial charge on any atom is 0.407 e. The lowest BCUT2D eigenvalue weighted by molar-refractivity contribution is 0.0892. The summed E-state index contributed by atoms with van der Waals surface area (Å²) >= 11 is 1.21. The number of carbonyl (C=O) groups excluding carboxylic acids is 1. The van der Waals surface area contributed by atoms with E-state index in [-0.39, 0.29) is 34.3 Å². The number of likely N-dealkylation sites (tertiary alicyclic amines) is 1. The van der Waals surface area contributed by atoms with Gasteiger partial charge >= 0.3 is 6.09 Å². The number of carbonyl (C=O) groups is 1. The van der Waals surface area contributed by atoms with Gasteiger partial charge in [0.2, 0.25) is 0 Å². The van der Waals surface area contributed by atoms with Crippen molar-refractivity contribution in [2.45, 2.75) is 78.5 Å². The number of aromatic nitrogens is 1. The van der Waals surface area contributed by atoms with Crippen LogP contribution in [0.25, 0.3) is 0 Å². The van der Waals surface area contributed by atoms with Gasteiger partial charge in [0.05, 0.1) is 6.10 Å². The van der Waals surface area contributed by atoms with E-state index < -0.39 is 0 Å². The van der Waals surface area contributed by atoms with Crippen molar-refractivity contribution in [2.24, 2.45) is 5.41 Å². The highest BCUT2D eigenvalue weighted by atomic mass is 32.1. The highest BCUT2D eigenvalue weighted by Crippen LogP contribution is 2.44. The topological polar surface area (TPSA) is 54.5 Å². The highest BCUT2D eigenvalue weighted by Gasteiger charge is 2.47. The summed E-state index contributed by atoms with van der Waals surface area (Å²) in [5, 5.41) is 2.93. The quantitative estimate of drug-likeness (QED) is 0.550. The number of nitrogens with zero attached hydrogens (tertiary/aromatic N) is 2. The first-order valence-corrected chi connectivity index (χ1v) is 12.2. The number of pyridine rings is 1. The lowest BCUT2D eigenvalue weighted by Crippen LogP contribution is -2.50. The number of hydrogen-bond acceptors (Lipinski definition) is 5. The van der Waals surface area contributed by atoms with Gasteiger partial charge in [0.25, 0.3) is 0 Å². The molecular weight excluding hydrogens is 425 g/mol. The maximum absolute atomic E-state index is 13.5. The standard InChI is InChI=1S/C25H36FN3O2S/c1-17(2)31-23(30)28-19(4)25(12-11-21-9-10-22(26)32-21)13-14-29(16-25)24(5,6)20-8-7-18(3)27-15-20/h7-10,15,17,19H,11-14,16H2,1-6H3,(H,28,30)/t19-,25+/m0/s1. The Bertz CT molecular complexity index is 912. The molecule has 0 unspecified atom stereocenters. The number of halogens is 1. The number of hydrogen-bond donors (Lipinski definition) is 1. The number of ether oxygens (including phenoxy) is 1. The zero-order valence-electron chi connectivity index (χ0n) is 20.1. The summed E-state index contributed by atoms with van der Waals surface area (Å²) < 4.78 is 18.9. The summed E-state index contributed by atoms with van der Waals surface area (Å²) in [5.41, 5.74) is 1.87. The molecule has 2 atom stereocenters. The van der Waals surface area contributed by atoms with Crippen molar-refractivity contribution >= 4 is 17.4 Å². The van der Waals surface area contributed by atoms with E-state index in [1.165, 1.54) is 23.0 Å². The SMILES string of the molecule is Cc1ccc(C(C)(C)N2CC[C@@](CCc3ccc(F)s3)([C@H](C)NC(=O)OC(C)C)C2)cn1. The van der Waals surface area contributed by atoms with Crippen LogP contribution < -0.4 is 5.32 Å². The Hall–Kier alpha value is -1.99. The van der Waals surface area contributed by atoms with Crippen molar-refractivity contribution in [3.63, 3.8) is 0 Å². The molecule has 0 saturated carbocycles. The molecule has 2 aromatic heterocycles. The van der Waals surface area contributed by atoms with Crippen LogP contribution in [0.15, 0.2) is 30.5 Å². The third-order valence-corrected chi connectivity index (χ3v) is 7.82. The first-order chi connectivity index (χ1) is 15.0. The van der Waals surface area contributed by atoms with Crippen LogP contribution in [0.2, 0.25) is 0 Å². The molecule has 0 radical (unpaired) electrons. The molecule has 5 nitrogen and oxygen atoms in total. The summed E-state index contributed by atoms with van der Waals surface area (Å²) in [6.45, 7) is 14.0. The van der Waals surface area contributed by atoms with Crippen molar-refractivity contribution in [3.8, 4) is 0 Å². The van der Waals surface area contributed by atoms with Gasteiger partial charge in [-0.05, 0) is 91.1 Å². The molecule has 32 heavy (non-hydrogen) atoms. The molecule has 1 fully saturated rings. The van der Waals surface area contributed by atoms with Gasteiger partial charge in [0, 0.05) is 40.3 Å². The number of thiophene rings is 1. The fourth-order valence-corrected chi connectivity index (χ4v) is 5.32. The Labute approximate surface area is 195 Å². The fourth-order valence-electron chi connectivity index (χ4n) is 4.60. The molecule has 1 aliphatic rings. The van der Waals surface area contributed by atoms with Gasteiger partial charge in [0.15, 0.2) is 5.13 Å². The van der Waals surface area contributed by atoms with E-state index in [2.05, 4.69) is 48.1 Å². The Morgan fingerprint density at radius 2 is 2.06 bits per heavy atom. The summed E-state index contributed by atoms with van der Waals surface area (Å²) in [7, 11) is 0. The van der Waals surface area contributed by atoms with Gasteiger partial charge in [-0.25, -0.2) is 4.79 Å². The second kappa shape index (κ2) is 9.87. The summed E-state index contributed by atoms with van der Waals surface area (Å²) in [4.78, 5) is 20.4. The second-order valence-corrected chi connectivity index (χ2v) is 10.9. The molecule has 1 aliphatic heterocycles. The largest absolute Gasteiger partial charge is 0.447 e. The molecule has 0 aromatic carbocycles. The summed E-state index contributed by atoms with van der Waals surface area (Å²) in [6.07, 6.45) is 4.03. The van der Waals surface area contributed by atoms with Crippen LogP contribution >= 0.6 is 11.3 Å². The van der Waals surface area contributed by atoms with Crippen LogP contribution in [0.4, 0.5) is 9.18 Å². The highest BCUT2D eigenvalue weighted by molar-refractivity contribution is 7.10. The van der Waals surface area contributed by atoms with Crippen molar-refractivity contribution in [2.75, 3.05) is 13.1 Å². The molecule has 176 valence electrons. The van der Waals surface area contributed by atoms with E-state index in [0.29, 0.717) is 0 Å². The molecule has 0 spiro atoms. The van der Waals surface area contributed by atoms with Crippen molar-refractivity contribution in [1.29, 1.82) is 0 Å². The molecule has 3 heterocycles. The molecule has 7 heteroatoms. The van der Waals surface area contributed by atoms with E-state index in [4.69, 9.17) is 4.74 Å². The minimum absolute atomic E-state index is 0.0736. The monoisotopic (exact) mass is 461 g/mol. The van der Waals surface area contributed by atoms with E-state index in [1.54, 1.807) is 0 Å².